The molecule has 0 aromatic heterocycles. The SMILES string of the molecule is C[C@@H](C(=O)Nc1cc(Cl)ccc1Cl)[NH+]1CCN(S(=O)(=O)c2ccc(Cl)cc2)CC1. The molecule has 1 aliphatic heterocycles. The van der Waals surface area contributed by atoms with Crippen LogP contribution in [0.5, 0.6) is 0 Å². The van der Waals surface area contributed by atoms with Gasteiger partial charge in [0.2, 0.25) is 10.0 Å². The van der Waals surface area contributed by atoms with Crippen molar-refractivity contribution in [2.75, 3.05) is 31.5 Å². The van der Waals surface area contributed by atoms with Crippen LogP contribution >= 0.6 is 34.8 Å². The number of sulfonamides is 1. The molecular formula is C19H21Cl3N3O3S+. The number of quaternary nitrogens is 1. The Morgan fingerprint density at radius 2 is 1.62 bits per heavy atom. The van der Waals surface area contributed by atoms with Crippen molar-refractivity contribution in [1.29, 1.82) is 0 Å². The van der Waals surface area contributed by atoms with Gasteiger partial charge in [0.1, 0.15) is 0 Å². The summed E-state index contributed by atoms with van der Waals surface area (Å²) in [6.45, 7) is 3.51. The fourth-order valence-electron chi connectivity index (χ4n) is 3.22. The minimum absolute atomic E-state index is 0.196. The molecule has 1 saturated heterocycles. The molecule has 0 saturated carbocycles. The van der Waals surface area contributed by atoms with Gasteiger partial charge >= 0.3 is 0 Å². The summed E-state index contributed by atoms with van der Waals surface area (Å²) in [4.78, 5) is 13.8. The van der Waals surface area contributed by atoms with E-state index in [4.69, 9.17) is 34.8 Å². The minimum Gasteiger partial charge on any atom is -0.323 e. The third kappa shape index (κ3) is 5.23. The van der Waals surface area contributed by atoms with Crippen molar-refractivity contribution in [2.45, 2.75) is 17.9 Å². The van der Waals surface area contributed by atoms with Crippen molar-refractivity contribution in [3.63, 3.8) is 0 Å². The van der Waals surface area contributed by atoms with Gasteiger partial charge in [-0.05, 0) is 49.4 Å². The van der Waals surface area contributed by atoms with Crippen LogP contribution in [-0.4, -0.2) is 50.9 Å². The third-order valence-corrected chi connectivity index (χ3v) is 7.74. The van der Waals surface area contributed by atoms with E-state index in [1.54, 1.807) is 30.3 Å². The number of rotatable bonds is 5. The quantitative estimate of drug-likeness (QED) is 0.695. The molecule has 6 nitrogen and oxygen atoms in total. The van der Waals surface area contributed by atoms with E-state index < -0.39 is 10.0 Å². The third-order valence-electron chi connectivity index (χ3n) is 5.01. The maximum Gasteiger partial charge on any atom is 0.282 e. The molecule has 2 N–H and O–H groups in total. The Labute approximate surface area is 185 Å². The highest BCUT2D eigenvalue weighted by Crippen LogP contribution is 2.25. The highest BCUT2D eigenvalue weighted by Gasteiger charge is 2.34. The second-order valence-corrected chi connectivity index (χ2v) is 10.1. The molecule has 156 valence electrons. The fraction of sp³-hybridized carbons (Fsp3) is 0.316. The first-order chi connectivity index (χ1) is 13.7. The highest BCUT2D eigenvalue weighted by atomic mass is 35.5. The fourth-order valence-corrected chi connectivity index (χ4v) is 5.13. The number of anilines is 1. The molecule has 0 aliphatic carbocycles. The van der Waals surface area contributed by atoms with Gasteiger partial charge < -0.3 is 10.2 Å². The van der Waals surface area contributed by atoms with Crippen LogP contribution < -0.4 is 10.2 Å². The van der Waals surface area contributed by atoms with E-state index in [2.05, 4.69) is 5.32 Å². The molecular weight excluding hydrogens is 457 g/mol. The molecule has 1 aliphatic rings. The molecule has 1 atom stereocenters. The first kappa shape index (κ1) is 22.3. The number of benzene rings is 2. The zero-order valence-corrected chi connectivity index (χ0v) is 18.7. The summed E-state index contributed by atoms with van der Waals surface area (Å²) in [5.74, 6) is -0.196. The Morgan fingerprint density at radius 3 is 2.24 bits per heavy atom. The maximum atomic E-state index is 12.8. The lowest BCUT2D eigenvalue weighted by atomic mass is 10.2. The number of piperazine rings is 1. The molecule has 1 amide bonds. The lowest BCUT2D eigenvalue weighted by Crippen LogP contribution is -3.19. The molecule has 3 rings (SSSR count). The van der Waals surface area contributed by atoms with Crippen LogP contribution in [0.1, 0.15) is 6.92 Å². The Hall–Kier alpha value is -1.35. The number of nitrogens with zero attached hydrogens (tertiary/aromatic N) is 1. The van der Waals surface area contributed by atoms with Crippen molar-refractivity contribution >= 4 is 56.4 Å². The predicted octanol–water partition coefficient (Wildman–Crippen LogP) is 2.56. The summed E-state index contributed by atoms with van der Waals surface area (Å²) in [5.41, 5.74) is 0.458. The molecule has 10 heteroatoms. The zero-order chi connectivity index (χ0) is 21.2. The Balaban J connectivity index is 1.61. The van der Waals surface area contributed by atoms with Crippen LogP contribution in [0.25, 0.3) is 0 Å². The average molecular weight is 478 g/mol. The van der Waals surface area contributed by atoms with Crippen molar-refractivity contribution in [3.8, 4) is 0 Å². The highest BCUT2D eigenvalue weighted by molar-refractivity contribution is 7.89. The Morgan fingerprint density at radius 1 is 1.03 bits per heavy atom. The van der Waals surface area contributed by atoms with Crippen LogP contribution in [0.15, 0.2) is 47.4 Å². The van der Waals surface area contributed by atoms with Gasteiger partial charge in [0.15, 0.2) is 6.04 Å². The van der Waals surface area contributed by atoms with Gasteiger partial charge in [-0.2, -0.15) is 4.31 Å². The second-order valence-electron chi connectivity index (χ2n) is 6.85. The standard InChI is InChI=1S/C19H20Cl3N3O3S/c1-13(19(26)23-18-12-15(21)4-7-17(18)22)24-8-10-25(11-9-24)29(27,28)16-5-2-14(20)3-6-16/h2-7,12-13H,8-11H2,1H3,(H,23,26)/p+1/t13-/m0/s1. The summed E-state index contributed by atoms with van der Waals surface area (Å²) in [7, 11) is -3.58. The lowest BCUT2D eigenvalue weighted by Gasteiger charge is -2.34. The van der Waals surface area contributed by atoms with Crippen molar-refractivity contribution < 1.29 is 18.1 Å². The van der Waals surface area contributed by atoms with Crippen molar-refractivity contribution in [3.05, 3.63) is 57.5 Å². The maximum absolute atomic E-state index is 12.8. The molecule has 0 unspecified atom stereocenters. The van der Waals surface area contributed by atoms with Gasteiger partial charge in [0.05, 0.1) is 41.8 Å². The lowest BCUT2D eigenvalue weighted by molar-refractivity contribution is -0.917. The van der Waals surface area contributed by atoms with Crippen molar-refractivity contribution in [1.82, 2.24) is 4.31 Å². The average Bonchev–Trinajstić information content (AvgIpc) is 2.70. The van der Waals surface area contributed by atoms with Crippen molar-refractivity contribution in [2.24, 2.45) is 0 Å². The van der Waals surface area contributed by atoms with Gasteiger partial charge in [0, 0.05) is 10.0 Å². The number of nitrogens with one attached hydrogen (secondary N) is 2. The Kier molecular flexibility index (Phi) is 7.09. The second kappa shape index (κ2) is 9.20. The monoisotopic (exact) mass is 476 g/mol. The molecule has 0 spiro atoms. The summed E-state index contributed by atoms with van der Waals surface area (Å²) in [6.07, 6.45) is 0. The number of hydrogen-bond donors (Lipinski definition) is 2. The molecule has 0 bridgehead atoms. The predicted molar refractivity (Wildman–Crippen MR) is 115 cm³/mol. The van der Waals surface area contributed by atoms with Crippen LogP contribution in [0, 0.1) is 0 Å². The van der Waals surface area contributed by atoms with Crippen LogP contribution in [-0.2, 0) is 14.8 Å². The van der Waals surface area contributed by atoms with Gasteiger partial charge in [-0.25, -0.2) is 8.42 Å². The first-order valence-corrected chi connectivity index (χ1v) is 11.6. The first-order valence-electron chi connectivity index (χ1n) is 9.04. The van der Waals surface area contributed by atoms with E-state index in [0.717, 1.165) is 4.90 Å². The minimum atomic E-state index is -3.58. The van der Waals surface area contributed by atoms with Gasteiger partial charge in [0.25, 0.3) is 5.91 Å². The number of carbonyl (C=O) groups excluding carboxylic acids is 1. The van der Waals surface area contributed by atoms with E-state index >= 15 is 0 Å². The number of carbonyl (C=O) groups is 1. The smallest absolute Gasteiger partial charge is 0.282 e. The molecule has 0 radical (unpaired) electrons. The summed E-state index contributed by atoms with van der Waals surface area (Å²) in [5, 5.41) is 4.17. The Bertz CT molecular complexity index is 992. The van der Waals surface area contributed by atoms with Gasteiger partial charge in [-0.1, -0.05) is 34.8 Å². The van der Waals surface area contributed by atoms with E-state index in [9.17, 15) is 13.2 Å². The summed E-state index contributed by atoms with van der Waals surface area (Å²) >= 11 is 17.9. The van der Waals surface area contributed by atoms with E-state index in [1.807, 2.05) is 6.92 Å². The van der Waals surface area contributed by atoms with E-state index in [-0.39, 0.29) is 16.8 Å². The van der Waals surface area contributed by atoms with E-state index in [1.165, 1.54) is 16.4 Å². The number of halogens is 3. The van der Waals surface area contributed by atoms with E-state index in [0.29, 0.717) is 46.9 Å². The normalized spacial score (nSPS) is 17.1. The molecule has 2 aromatic carbocycles. The van der Waals surface area contributed by atoms with Gasteiger partial charge in [-0.15, -0.1) is 0 Å². The topological polar surface area (TPSA) is 70.9 Å². The summed E-state index contributed by atoms with van der Waals surface area (Å²) < 4.78 is 27.0. The van der Waals surface area contributed by atoms with Crippen LogP contribution in [0.2, 0.25) is 15.1 Å². The summed E-state index contributed by atoms with van der Waals surface area (Å²) in [6, 6.07) is 10.6. The van der Waals surface area contributed by atoms with Gasteiger partial charge in [-0.3, -0.25) is 4.79 Å². The zero-order valence-electron chi connectivity index (χ0n) is 15.7. The largest absolute Gasteiger partial charge is 0.323 e. The molecule has 1 heterocycles. The number of hydrogen-bond acceptors (Lipinski definition) is 3. The number of amides is 1. The van der Waals surface area contributed by atoms with Crippen LogP contribution in [0.4, 0.5) is 5.69 Å². The van der Waals surface area contributed by atoms with Crippen LogP contribution in [0.3, 0.4) is 0 Å². The molecule has 2 aromatic rings. The molecule has 29 heavy (non-hydrogen) atoms. The molecule has 1 fully saturated rings.